The topological polar surface area (TPSA) is 65.0 Å². The predicted octanol–water partition coefficient (Wildman–Crippen LogP) is 3.41. The van der Waals surface area contributed by atoms with Crippen molar-refractivity contribution in [3.63, 3.8) is 0 Å². The molecule has 0 aromatic rings. The van der Waals surface area contributed by atoms with E-state index in [0.29, 0.717) is 5.92 Å². The van der Waals surface area contributed by atoms with Crippen molar-refractivity contribution >= 4 is 5.97 Å². The van der Waals surface area contributed by atoms with Crippen molar-refractivity contribution in [3.8, 4) is 0 Å². The lowest BCUT2D eigenvalue weighted by atomic mass is 9.81. The van der Waals surface area contributed by atoms with E-state index in [9.17, 15) is 9.90 Å². The smallest absolute Gasteiger partial charge is 0.308 e. The Kier molecular flexibility index (Phi) is 8.81. The summed E-state index contributed by atoms with van der Waals surface area (Å²) in [5.74, 6) is 0.274. The second kappa shape index (κ2) is 10.1. The van der Waals surface area contributed by atoms with Crippen LogP contribution >= 0.6 is 0 Å². The highest BCUT2D eigenvalue weighted by Gasteiger charge is 2.41. The van der Waals surface area contributed by atoms with Crippen molar-refractivity contribution < 1.29 is 24.4 Å². The highest BCUT2D eigenvalue weighted by molar-refractivity contribution is 5.69. The van der Waals surface area contributed by atoms with E-state index < -0.39 is 5.60 Å². The summed E-state index contributed by atoms with van der Waals surface area (Å²) in [6.45, 7) is 6.46. The quantitative estimate of drug-likeness (QED) is 0.399. The molecule has 1 rings (SSSR count). The molecule has 0 spiro atoms. The van der Waals surface area contributed by atoms with Crippen LogP contribution < -0.4 is 0 Å². The molecule has 0 aliphatic carbocycles. The van der Waals surface area contributed by atoms with Gasteiger partial charge in [0.2, 0.25) is 0 Å². The Bertz CT molecular complexity index is 378. The normalized spacial score (nSPS) is 29.6. The molecule has 1 N–H and O–H groups in total. The standard InChI is InChI=1S/C18H32O5/c1-5-14(13-19)9-8-10-18(7-3)12-15(6-2)16(22-23-18)11-17(20)21-4/h8,10,14-16,19H,5-7,9,11-13H2,1-4H3/b10-8+/t14-,15+,16+,18+/m1/s1. The van der Waals surface area contributed by atoms with Crippen LogP contribution in [0.2, 0.25) is 0 Å². The number of ether oxygens (including phenoxy) is 1. The van der Waals surface area contributed by atoms with E-state index in [2.05, 4.69) is 32.9 Å². The number of carbonyl (C=O) groups is 1. The van der Waals surface area contributed by atoms with Crippen LogP contribution in [0.5, 0.6) is 0 Å². The van der Waals surface area contributed by atoms with Crippen molar-refractivity contribution in [1.82, 2.24) is 0 Å². The van der Waals surface area contributed by atoms with Gasteiger partial charge < -0.3 is 9.84 Å². The fourth-order valence-corrected chi connectivity index (χ4v) is 2.96. The van der Waals surface area contributed by atoms with Gasteiger partial charge >= 0.3 is 5.97 Å². The van der Waals surface area contributed by atoms with Gasteiger partial charge in [0.15, 0.2) is 0 Å². The molecule has 5 heteroatoms. The number of esters is 1. The zero-order valence-corrected chi connectivity index (χ0v) is 14.9. The lowest BCUT2D eigenvalue weighted by Gasteiger charge is -2.41. The third kappa shape index (κ3) is 5.90. The van der Waals surface area contributed by atoms with E-state index in [4.69, 9.17) is 14.5 Å². The summed E-state index contributed by atoms with van der Waals surface area (Å²) in [4.78, 5) is 22.8. The van der Waals surface area contributed by atoms with Crippen LogP contribution in [0.25, 0.3) is 0 Å². The van der Waals surface area contributed by atoms with Crippen molar-refractivity contribution in [1.29, 1.82) is 0 Å². The van der Waals surface area contributed by atoms with Gasteiger partial charge in [-0.25, -0.2) is 9.78 Å². The molecule has 0 aromatic heterocycles. The molecule has 134 valence electrons. The van der Waals surface area contributed by atoms with Crippen molar-refractivity contribution in [2.24, 2.45) is 11.8 Å². The van der Waals surface area contributed by atoms with Crippen LogP contribution in [-0.2, 0) is 19.3 Å². The summed E-state index contributed by atoms with van der Waals surface area (Å²) in [5.41, 5.74) is -0.443. The molecule has 0 aromatic carbocycles. The Morgan fingerprint density at radius 3 is 2.70 bits per heavy atom. The molecule has 0 bridgehead atoms. The van der Waals surface area contributed by atoms with Crippen molar-refractivity contribution in [2.45, 2.75) is 71.0 Å². The second-order valence-electron chi connectivity index (χ2n) is 6.38. The maximum Gasteiger partial charge on any atom is 0.308 e. The average molecular weight is 328 g/mol. The first-order chi connectivity index (χ1) is 11.0. The Morgan fingerprint density at radius 1 is 1.43 bits per heavy atom. The fraction of sp³-hybridized carbons (Fsp3) is 0.833. The minimum Gasteiger partial charge on any atom is -0.469 e. The van der Waals surface area contributed by atoms with Gasteiger partial charge in [-0.2, -0.15) is 0 Å². The first-order valence-electron chi connectivity index (χ1n) is 8.73. The van der Waals surface area contributed by atoms with Crippen molar-refractivity contribution in [3.05, 3.63) is 12.2 Å². The number of methoxy groups -OCH3 is 1. The molecule has 0 saturated carbocycles. The van der Waals surface area contributed by atoms with Gasteiger partial charge in [0, 0.05) is 6.61 Å². The first-order valence-corrected chi connectivity index (χ1v) is 8.73. The summed E-state index contributed by atoms with van der Waals surface area (Å²) in [7, 11) is 1.39. The molecule has 4 atom stereocenters. The molecule has 5 nitrogen and oxygen atoms in total. The molecule has 1 aliphatic heterocycles. The molecule has 1 saturated heterocycles. The SMILES string of the molecule is CC[C@@H](CO)C/C=C/[C@@]1(CC)C[C@H](CC)[C@H](CC(=O)OC)OO1. The minimum absolute atomic E-state index is 0.204. The van der Waals surface area contributed by atoms with E-state index in [1.165, 1.54) is 7.11 Å². The van der Waals surface area contributed by atoms with E-state index in [0.717, 1.165) is 32.1 Å². The second-order valence-corrected chi connectivity index (χ2v) is 6.38. The molecule has 0 radical (unpaired) electrons. The molecule has 1 aliphatic rings. The maximum absolute atomic E-state index is 11.5. The van der Waals surface area contributed by atoms with Crippen LogP contribution in [0.3, 0.4) is 0 Å². The zero-order chi connectivity index (χ0) is 17.3. The Morgan fingerprint density at radius 2 is 2.17 bits per heavy atom. The number of hydrogen-bond donors (Lipinski definition) is 1. The van der Waals surface area contributed by atoms with E-state index in [-0.39, 0.29) is 31.0 Å². The van der Waals surface area contributed by atoms with Gasteiger partial charge in [-0.1, -0.05) is 45.8 Å². The molecule has 23 heavy (non-hydrogen) atoms. The van der Waals surface area contributed by atoms with E-state index >= 15 is 0 Å². The lowest BCUT2D eigenvalue weighted by Crippen LogP contribution is -2.44. The van der Waals surface area contributed by atoms with Crippen LogP contribution in [0.4, 0.5) is 0 Å². The maximum atomic E-state index is 11.5. The van der Waals surface area contributed by atoms with Gasteiger partial charge in [-0.15, -0.1) is 0 Å². The zero-order valence-electron chi connectivity index (χ0n) is 14.9. The van der Waals surface area contributed by atoms with Gasteiger partial charge in [0.25, 0.3) is 0 Å². The van der Waals surface area contributed by atoms with Gasteiger partial charge in [0.1, 0.15) is 11.7 Å². The van der Waals surface area contributed by atoms with Crippen LogP contribution in [-0.4, -0.2) is 36.5 Å². The summed E-state index contributed by atoms with van der Waals surface area (Å²) in [5, 5.41) is 9.27. The summed E-state index contributed by atoms with van der Waals surface area (Å²) < 4.78 is 4.73. The largest absolute Gasteiger partial charge is 0.469 e. The average Bonchev–Trinajstić information content (AvgIpc) is 2.59. The monoisotopic (exact) mass is 328 g/mol. The number of allylic oxidation sites excluding steroid dienone is 1. The Balaban J connectivity index is 2.70. The highest BCUT2D eigenvalue weighted by Crippen LogP contribution is 2.38. The lowest BCUT2D eigenvalue weighted by molar-refractivity contribution is -0.409. The van der Waals surface area contributed by atoms with E-state index in [1.807, 2.05) is 0 Å². The summed E-state index contributed by atoms with van der Waals surface area (Å²) in [6.07, 6.45) is 8.48. The number of hydrogen-bond acceptors (Lipinski definition) is 5. The third-order valence-corrected chi connectivity index (χ3v) is 4.92. The third-order valence-electron chi connectivity index (χ3n) is 4.92. The minimum atomic E-state index is -0.443. The van der Waals surface area contributed by atoms with Gasteiger partial charge in [-0.3, -0.25) is 4.79 Å². The van der Waals surface area contributed by atoms with Crippen LogP contribution in [0.1, 0.15) is 59.3 Å². The molecular weight excluding hydrogens is 296 g/mol. The highest BCUT2D eigenvalue weighted by atomic mass is 17.2. The number of carbonyl (C=O) groups excluding carboxylic acids is 1. The first kappa shape index (κ1) is 20.1. The van der Waals surface area contributed by atoms with Gasteiger partial charge in [-0.05, 0) is 31.1 Å². The Hall–Kier alpha value is -0.910. The summed E-state index contributed by atoms with van der Waals surface area (Å²) in [6, 6.07) is 0. The molecule has 0 amide bonds. The van der Waals surface area contributed by atoms with Crippen molar-refractivity contribution in [2.75, 3.05) is 13.7 Å². The van der Waals surface area contributed by atoms with E-state index in [1.54, 1.807) is 0 Å². The molecule has 1 fully saturated rings. The molecular formula is C18H32O5. The Labute approximate surface area is 139 Å². The van der Waals surface area contributed by atoms with Crippen LogP contribution in [0.15, 0.2) is 12.2 Å². The number of aliphatic hydroxyl groups is 1. The van der Waals surface area contributed by atoms with Crippen LogP contribution in [0, 0.1) is 11.8 Å². The van der Waals surface area contributed by atoms with Gasteiger partial charge in [0.05, 0.1) is 13.5 Å². The summed E-state index contributed by atoms with van der Waals surface area (Å²) >= 11 is 0. The molecule has 0 unspecified atom stereocenters. The fourth-order valence-electron chi connectivity index (χ4n) is 2.96. The number of rotatable bonds is 9. The number of aliphatic hydroxyl groups excluding tert-OH is 1. The predicted molar refractivity (Wildman–Crippen MR) is 88.6 cm³/mol. The molecule has 1 heterocycles.